The Morgan fingerprint density at radius 3 is 2.58 bits per heavy atom. The first-order chi connectivity index (χ1) is 9.22. The second kappa shape index (κ2) is 7.72. The molecule has 104 valence electrons. The minimum absolute atomic E-state index is 0.260. The summed E-state index contributed by atoms with van der Waals surface area (Å²) in [6.07, 6.45) is 7.18. The van der Waals surface area contributed by atoms with Crippen molar-refractivity contribution >= 4 is 11.5 Å². The Bertz CT molecular complexity index is 426. The van der Waals surface area contributed by atoms with Gasteiger partial charge in [-0.2, -0.15) is 0 Å². The molecule has 2 heterocycles. The minimum atomic E-state index is 0.260. The summed E-state index contributed by atoms with van der Waals surface area (Å²) < 4.78 is 0. The van der Waals surface area contributed by atoms with Crippen LogP contribution in [-0.2, 0) is 4.79 Å². The third kappa shape index (κ3) is 3.91. The first kappa shape index (κ1) is 15.4. The molecule has 0 fully saturated rings. The van der Waals surface area contributed by atoms with Gasteiger partial charge in [0.1, 0.15) is 0 Å². The van der Waals surface area contributed by atoms with E-state index in [1.165, 1.54) is 0 Å². The predicted molar refractivity (Wildman–Crippen MR) is 80.1 cm³/mol. The molecule has 1 aliphatic rings. The molecule has 1 aromatic heterocycles. The van der Waals surface area contributed by atoms with Gasteiger partial charge in [-0.15, -0.1) is 0 Å². The Labute approximate surface area is 116 Å². The molecule has 2 rings (SSSR count). The van der Waals surface area contributed by atoms with Crippen LogP contribution in [0.3, 0.4) is 0 Å². The van der Waals surface area contributed by atoms with Gasteiger partial charge < -0.3 is 4.90 Å². The van der Waals surface area contributed by atoms with Crippen LogP contribution in [0.2, 0.25) is 0 Å². The van der Waals surface area contributed by atoms with Crippen molar-refractivity contribution in [3.8, 4) is 0 Å². The van der Waals surface area contributed by atoms with Gasteiger partial charge in [-0.05, 0) is 24.5 Å². The summed E-state index contributed by atoms with van der Waals surface area (Å²) in [4.78, 5) is 18.0. The summed E-state index contributed by atoms with van der Waals surface area (Å²) in [7, 11) is 0. The predicted octanol–water partition coefficient (Wildman–Crippen LogP) is 3.82. The highest BCUT2D eigenvalue weighted by Crippen LogP contribution is 2.26. The molecule has 19 heavy (non-hydrogen) atoms. The number of nitrogens with zero attached hydrogens (tertiary/aromatic N) is 2. The number of ketones is 1. The summed E-state index contributed by atoms with van der Waals surface area (Å²) in [5.41, 5.74) is 2.06. The number of anilines is 1. The first-order valence-electron chi connectivity index (χ1n) is 7.14. The van der Waals surface area contributed by atoms with Crippen LogP contribution in [0, 0.1) is 5.92 Å². The quantitative estimate of drug-likeness (QED) is 0.828. The van der Waals surface area contributed by atoms with Gasteiger partial charge in [0.25, 0.3) is 0 Å². The fourth-order valence-corrected chi connectivity index (χ4v) is 2.14. The van der Waals surface area contributed by atoms with E-state index in [0.29, 0.717) is 12.3 Å². The van der Waals surface area contributed by atoms with Gasteiger partial charge >= 0.3 is 0 Å². The second-order valence-electron chi connectivity index (χ2n) is 4.45. The van der Waals surface area contributed by atoms with Crippen molar-refractivity contribution in [1.29, 1.82) is 0 Å². The van der Waals surface area contributed by atoms with Crippen LogP contribution in [0.4, 0.5) is 5.69 Å². The number of aromatic nitrogens is 1. The number of hydrogen-bond acceptors (Lipinski definition) is 3. The number of Topliss-reactive ketones (excluding diaryl/α,β-unsaturated/α-hetero) is 1. The van der Waals surface area contributed by atoms with E-state index in [0.717, 1.165) is 24.2 Å². The van der Waals surface area contributed by atoms with Crippen LogP contribution in [-0.4, -0.2) is 17.3 Å². The van der Waals surface area contributed by atoms with Crippen LogP contribution in [0.15, 0.2) is 36.3 Å². The van der Waals surface area contributed by atoms with Gasteiger partial charge in [0.05, 0.1) is 0 Å². The first-order valence-corrected chi connectivity index (χ1v) is 7.14. The molecule has 1 aromatic rings. The van der Waals surface area contributed by atoms with Crippen molar-refractivity contribution in [2.75, 3.05) is 11.4 Å². The Kier molecular flexibility index (Phi) is 6.26. The average molecular weight is 260 g/mol. The van der Waals surface area contributed by atoms with Crippen molar-refractivity contribution in [2.45, 2.75) is 40.5 Å². The maximum absolute atomic E-state index is 11.8. The molecule has 0 saturated carbocycles. The number of carbonyl (C=O) groups excluding carboxylic acids is 1. The molecule has 0 N–H and O–H groups in total. The van der Waals surface area contributed by atoms with Crippen LogP contribution < -0.4 is 4.90 Å². The molecule has 1 aliphatic heterocycles. The van der Waals surface area contributed by atoms with Gasteiger partial charge in [-0.3, -0.25) is 9.78 Å². The van der Waals surface area contributed by atoms with Gasteiger partial charge in [0, 0.05) is 42.8 Å². The smallest absolute Gasteiger partial charge is 0.160 e. The zero-order valence-electron chi connectivity index (χ0n) is 12.4. The van der Waals surface area contributed by atoms with Crippen molar-refractivity contribution in [3.05, 3.63) is 36.3 Å². The molecule has 1 atom stereocenters. The topological polar surface area (TPSA) is 33.2 Å². The number of carbonyl (C=O) groups is 1. The Morgan fingerprint density at radius 2 is 2.00 bits per heavy atom. The van der Waals surface area contributed by atoms with Crippen molar-refractivity contribution in [3.63, 3.8) is 0 Å². The number of pyridine rings is 1. The van der Waals surface area contributed by atoms with Gasteiger partial charge in [-0.25, -0.2) is 0 Å². The molecular weight excluding hydrogens is 236 g/mol. The molecule has 0 radical (unpaired) electrons. The highest BCUT2D eigenvalue weighted by molar-refractivity contribution is 5.96. The maximum Gasteiger partial charge on any atom is 0.160 e. The van der Waals surface area contributed by atoms with Gasteiger partial charge in [-0.1, -0.05) is 27.7 Å². The molecule has 0 saturated heterocycles. The second-order valence-corrected chi connectivity index (χ2v) is 4.45. The highest BCUT2D eigenvalue weighted by atomic mass is 16.1. The Morgan fingerprint density at radius 1 is 1.37 bits per heavy atom. The fourth-order valence-electron chi connectivity index (χ4n) is 2.14. The van der Waals surface area contributed by atoms with E-state index in [4.69, 9.17) is 0 Å². The molecular formula is C16H24N2O. The molecule has 0 bridgehead atoms. The van der Waals surface area contributed by atoms with Crippen LogP contribution >= 0.6 is 0 Å². The van der Waals surface area contributed by atoms with E-state index in [2.05, 4.69) is 16.8 Å². The summed E-state index contributed by atoms with van der Waals surface area (Å²) in [5, 5.41) is 0. The summed E-state index contributed by atoms with van der Waals surface area (Å²) in [5.74, 6) is 0.636. The highest BCUT2D eigenvalue weighted by Gasteiger charge is 2.22. The summed E-state index contributed by atoms with van der Waals surface area (Å²) in [6, 6.07) is 3.95. The zero-order chi connectivity index (χ0) is 14.3. The summed E-state index contributed by atoms with van der Waals surface area (Å²) >= 11 is 0. The largest absolute Gasteiger partial charge is 0.347 e. The third-order valence-electron chi connectivity index (χ3n) is 3.27. The zero-order valence-corrected chi connectivity index (χ0v) is 12.4. The van der Waals surface area contributed by atoms with Crippen LogP contribution in [0.5, 0.6) is 0 Å². The number of allylic oxidation sites excluding steroid dienone is 1. The van der Waals surface area contributed by atoms with Crippen molar-refractivity contribution < 1.29 is 4.79 Å². The van der Waals surface area contributed by atoms with E-state index in [1.54, 1.807) is 12.4 Å². The Balaban J connectivity index is 0.000000861. The van der Waals surface area contributed by atoms with E-state index < -0.39 is 0 Å². The number of hydrogen-bond donors (Lipinski definition) is 0. The molecule has 3 heteroatoms. The molecule has 1 unspecified atom stereocenters. The minimum Gasteiger partial charge on any atom is -0.347 e. The van der Waals surface area contributed by atoms with Crippen molar-refractivity contribution in [1.82, 2.24) is 4.98 Å². The van der Waals surface area contributed by atoms with Crippen LogP contribution in [0.1, 0.15) is 40.5 Å². The molecule has 0 aromatic carbocycles. The molecule has 0 aliphatic carbocycles. The number of rotatable bonds is 3. The van der Waals surface area contributed by atoms with E-state index in [1.807, 2.05) is 39.1 Å². The van der Waals surface area contributed by atoms with Crippen molar-refractivity contribution in [2.24, 2.45) is 5.92 Å². The van der Waals surface area contributed by atoms with Gasteiger partial charge in [0.2, 0.25) is 0 Å². The van der Waals surface area contributed by atoms with E-state index in [-0.39, 0.29) is 5.78 Å². The molecule has 3 nitrogen and oxygen atoms in total. The standard InChI is InChI=1S/C14H18N2O.C2H6/c1-3-14(17)13-10-16(9-6-11(13)2)12-4-7-15-8-5-12;1-2/h4-5,7-8,10-11H,3,6,9H2,1-2H3;1-2H3. The lowest BCUT2D eigenvalue weighted by molar-refractivity contribution is -0.115. The average Bonchev–Trinajstić information content (AvgIpc) is 2.50. The van der Waals surface area contributed by atoms with E-state index in [9.17, 15) is 4.79 Å². The SMILES string of the molecule is CC.CCC(=O)C1=CN(c2ccncc2)CCC1C. The lowest BCUT2D eigenvalue weighted by atomic mass is 9.91. The maximum atomic E-state index is 11.8. The molecule has 0 spiro atoms. The van der Waals surface area contributed by atoms with E-state index >= 15 is 0 Å². The molecule has 0 amide bonds. The summed E-state index contributed by atoms with van der Waals surface area (Å²) in [6.45, 7) is 9.01. The monoisotopic (exact) mass is 260 g/mol. The Hall–Kier alpha value is -1.64. The normalized spacial score (nSPS) is 18.2. The van der Waals surface area contributed by atoms with Gasteiger partial charge in [0.15, 0.2) is 5.78 Å². The van der Waals surface area contributed by atoms with Crippen LogP contribution in [0.25, 0.3) is 0 Å². The lowest BCUT2D eigenvalue weighted by Crippen LogP contribution is -2.28. The third-order valence-corrected chi connectivity index (χ3v) is 3.27. The lowest BCUT2D eigenvalue weighted by Gasteiger charge is -2.30. The fraction of sp³-hybridized carbons (Fsp3) is 0.500.